The molecule has 0 radical (unpaired) electrons. The SMILES string of the molecule is NC(=O)CC[C@H]1CCCN(c2ccc3c(Cl)ccnc3c2F)C1. The molecule has 3 rings (SSSR count). The number of hydrogen-bond donors (Lipinski definition) is 1. The Balaban J connectivity index is 1.85. The van der Waals surface area contributed by atoms with Gasteiger partial charge >= 0.3 is 0 Å². The third-order valence-corrected chi connectivity index (χ3v) is 4.77. The molecule has 0 saturated carbocycles. The first-order valence-corrected chi connectivity index (χ1v) is 8.20. The molecule has 2 aromatic rings. The molecule has 1 saturated heterocycles. The van der Waals surface area contributed by atoms with Gasteiger partial charge in [0.1, 0.15) is 5.52 Å². The Morgan fingerprint density at radius 3 is 3.04 bits per heavy atom. The van der Waals surface area contributed by atoms with Crippen LogP contribution in [0.15, 0.2) is 24.4 Å². The van der Waals surface area contributed by atoms with Gasteiger partial charge in [-0.05, 0) is 43.4 Å². The molecule has 1 aliphatic rings. The van der Waals surface area contributed by atoms with Crippen LogP contribution in [0.2, 0.25) is 5.02 Å². The normalized spacial score (nSPS) is 18.3. The van der Waals surface area contributed by atoms with Gasteiger partial charge in [-0.3, -0.25) is 9.78 Å². The van der Waals surface area contributed by atoms with E-state index in [0.717, 1.165) is 32.4 Å². The van der Waals surface area contributed by atoms with Crippen molar-refractivity contribution in [2.24, 2.45) is 11.7 Å². The number of amides is 1. The number of anilines is 1. The van der Waals surface area contributed by atoms with Crippen molar-refractivity contribution in [3.63, 3.8) is 0 Å². The molecular formula is C17H19ClFN3O. The minimum Gasteiger partial charge on any atom is -0.370 e. The number of carbonyl (C=O) groups is 1. The Morgan fingerprint density at radius 1 is 1.43 bits per heavy atom. The van der Waals surface area contributed by atoms with E-state index in [1.165, 1.54) is 6.20 Å². The summed E-state index contributed by atoms with van der Waals surface area (Å²) in [6, 6.07) is 5.24. The van der Waals surface area contributed by atoms with Crippen molar-refractivity contribution in [3.05, 3.63) is 35.2 Å². The molecule has 1 aromatic carbocycles. The standard InChI is InChI=1S/C17H19ClFN3O/c18-13-7-8-21-17-12(13)4-5-14(16(17)19)22-9-1-2-11(10-22)3-6-15(20)23/h4-5,7-8,11H,1-3,6,9-10H2,(H2,20,23)/t11-/m1/s1. The molecule has 0 spiro atoms. The number of benzene rings is 1. The average Bonchev–Trinajstić information content (AvgIpc) is 2.54. The summed E-state index contributed by atoms with van der Waals surface area (Å²) in [7, 11) is 0. The van der Waals surface area contributed by atoms with Crippen LogP contribution in [0.3, 0.4) is 0 Å². The molecular weight excluding hydrogens is 317 g/mol. The first-order chi connectivity index (χ1) is 11.1. The van der Waals surface area contributed by atoms with Gasteiger partial charge in [-0.2, -0.15) is 0 Å². The van der Waals surface area contributed by atoms with Crippen LogP contribution in [-0.4, -0.2) is 24.0 Å². The van der Waals surface area contributed by atoms with Gasteiger partial charge < -0.3 is 10.6 Å². The van der Waals surface area contributed by atoms with Crippen molar-refractivity contribution in [2.75, 3.05) is 18.0 Å². The summed E-state index contributed by atoms with van der Waals surface area (Å²) in [6.45, 7) is 1.53. The summed E-state index contributed by atoms with van der Waals surface area (Å²) >= 11 is 6.10. The minimum absolute atomic E-state index is 0.280. The number of rotatable bonds is 4. The molecule has 1 aliphatic heterocycles. The molecule has 1 aromatic heterocycles. The predicted molar refractivity (Wildman–Crippen MR) is 90.1 cm³/mol. The van der Waals surface area contributed by atoms with Crippen LogP contribution in [0.4, 0.5) is 10.1 Å². The molecule has 122 valence electrons. The lowest BCUT2D eigenvalue weighted by molar-refractivity contribution is -0.118. The number of halogens is 2. The van der Waals surface area contributed by atoms with Crippen LogP contribution in [-0.2, 0) is 4.79 Å². The highest BCUT2D eigenvalue weighted by atomic mass is 35.5. The molecule has 23 heavy (non-hydrogen) atoms. The zero-order chi connectivity index (χ0) is 16.4. The second kappa shape index (κ2) is 6.71. The maximum absolute atomic E-state index is 14.8. The summed E-state index contributed by atoms with van der Waals surface area (Å²) in [5.41, 5.74) is 6.07. The van der Waals surface area contributed by atoms with Crippen molar-refractivity contribution in [2.45, 2.75) is 25.7 Å². The van der Waals surface area contributed by atoms with Crippen LogP contribution >= 0.6 is 11.6 Å². The van der Waals surface area contributed by atoms with E-state index >= 15 is 0 Å². The van der Waals surface area contributed by atoms with E-state index in [1.54, 1.807) is 12.1 Å². The third kappa shape index (κ3) is 3.39. The second-order valence-electron chi connectivity index (χ2n) is 6.05. The number of carbonyl (C=O) groups excluding carboxylic acids is 1. The topological polar surface area (TPSA) is 59.2 Å². The molecule has 2 N–H and O–H groups in total. The largest absolute Gasteiger partial charge is 0.370 e. The van der Waals surface area contributed by atoms with Gasteiger partial charge in [0, 0.05) is 31.1 Å². The Hall–Kier alpha value is -1.88. The van der Waals surface area contributed by atoms with E-state index in [-0.39, 0.29) is 11.7 Å². The van der Waals surface area contributed by atoms with Gasteiger partial charge in [-0.1, -0.05) is 11.6 Å². The second-order valence-corrected chi connectivity index (χ2v) is 6.45. The fourth-order valence-electron chi connectivity index (χ4n) is 3.25. The lowest BCUT2D eigenvalue weighted by Crippen LogP contribution is -2.36. The number of primary amides is 1. The molecule has 0 aliphatic carbocycles. The number of piperidine rings is 1. The molecule has 1 fully saturated rings. The summed E-state index contributed by atoms with van der Waals surface area (Å²) < 4.78 is 14.8. The molecule has 4 nitrogen and oxygen atoms in total. The molecule has 6 heteroatoms. The lowest BCUT2D eigenvalue weighted by atomic mass is 9.93. The summed E-state index contributed by atoms with van der Waals surface area (Å²) in [5.74, 6) is -0.253. The lowest BCUT2D eigenvalue weighted by Gasteiger charge is -2.34. The highest BCUT2D eigenvalue weighted by molar-refractivity contribution is 6.35. The maximum atomic E-state index is 14.8. The number of hydrogen-bond acceptors (Lipinski definition) is 3. The van der Waals surface area contributed by atoms with Crippen LogP contribution in [0.1, 0.15) is 25.7 Å². The molecule has 0 unspecified atom stereocenters. The Labute approximate surface area is 139 Å². The highest BCUT2D eigenvalue weighted by Gasteiger charge is 2.23. The quantitative estimate of drug-likeness (QED) is 0.930. The van der Waals surface area contributed by atoms with E-state index in [1.807, 2.05) is 11.0 Å². The first kappa shape index (κ1) is 16.0. The van der Waals surface area contributed by atoms with E-state index < -0.39 is 0 Å². The molecule has 2 heterocycles. The van der Waals surface area contributed by atoms with Crippen LogP contribution in [0, 0.1) is 11.7 Å². The average molecular weight is 336 g/mol. The van der Waals surface area contributed by atoms with Gasteiger partial charge in [0.2, 0.25) is 5.91 Å². The monoisotopic (exact) mass is 335 g/mol. The van der Waals surface area contributed by atoms with Crippen LogP contribution in [0.5, 0.6) is 0 Å². The van der Waals surface area contributed by atoms with Gasteiger partial charge in [-0.25, -0.2) is 4.39 Å². The van der Waals surface area contributed by atoms with Crippen molar-refractivity contribution in [1.82, 2.24) is 4.98 Å². The number of aromatic nitrogens is 1. The van der Waals surface area contributed by atoms with E-state index in [9.17, 15) is 9.18 Å². The van der Waals surface area contributed by atoms with Crippen molar-refractivity contribution in [1.29, 1.82) is 0 Å². The minimum atomic E-state index is -0.333. The summed E-state index contributed by atoms with van der Waals surface area (Å²) in [4.78, 5) is 17.1. The number of nitrogens with zero attached hydrogens (tertiary/aromatic N) is 2. The Kier molecular flexibility index (Phi) is 4.66. The zero-order valence-corrected chi connectivity index (χ0v) is 13.5. The van der Waals surface area contributed by atoms with E-state index in [0.29, 0.717) is 34.0 Å². The van der Waals surface area contributed by atoms with Gasteiger partial charge in [0.05, 0.1) is 10.7 Å². The van der Waals surface area contributed by atoms with Gasteiger partial charge in [0.25, 0.3) is 0 Å². The van der Waals surface area contributed by atoms with Gasteiger partial charge in [-0.15, -0.1) is 0 Å². The maximum Gasteiger partial charge on any atom is 0.217 e. The summed E-state index contributed by atoms with van der Waals surface area (Å²) in [5, 5.41) is 1.12. The predicted octanol–water partition coefficient (Wildman–Crippen LogP) is 3.51. The van der Waals surface area contributed by atoms with Crippen molar-refractivity contribution >= 4 is 34.1 Å². The van der Waals surface area contributed by atoms with Crippen LogP contribution < -0.4 is 10.6 Å². The number of pyridine rings is 1. The molecule has 0 bridgehead atoms. The smallest absolute Gasteiger partial charge is 0.217 e. The summed E-state index contributed by atoms with van der Waals surface area (Å²) in [6.07, 6.45) is 4.68. The molecule has 1 amide bonds. The Morgan fingerprint density at radius 2 is 2.26 bits per heavy atom. The number of fused-ring (bicyclic) bond motifs is 1. The Bertz CT molecular complexity index is 737. The first-order valence-electron chi connectivity index (χ1n) is 7.82. The van der Waals surface area contributed by atoms with E-state index in [2.05, 4.69) is 4.98 Å². The zero-order valence-electron chi connectivity index (χ0n) is 12.8. The third-order valence-electron chi connectivity index (χ3n) is 4.44. The number of nitrogens with two attached hydrogens (primary N) is 1. The highest BCUT2D eigenvalue weighted by Crippen LogP contribution is 2.32. The van der Waals surface area contributed by atoms with Crippen molar-refractivity contribution < 1.29 is 9.18 Å². The van der Waals surface area contributed by atoms with Crippen molar-refractivity contribution in [3.8, 4) is 0 Å². The fraction of sp³-hybridized carbons (Fsp3) is 0.412. The van der Waals surface area contributed by atoms with Crippen LogP contribution in [0.25, 0.3) is 10.9 Å². The van der Waals surface area contributed by atoms with Gasteiger partial charge in [0.15, 0.2) is 5.82 Å². The van der Waals surface area contributed by atoms with E-state index in [4.69, 9.17) is 17.3 Å². The fourth-order valence-corrected chi connectivity index (χ4v) is 3.46. The molecule has 1 atom stereocenters.